The molecule has 0 aromatic carbocycles. The van der Waals surface area contributed by atoms with Crippen LogP contribution in [-0.2, 0) is 0 Å². The zero-order valence-corrected chi connectivity index (χ0v) is 12.8. The molecule has 22 heavy (non-hydrogen) atoms. The highest BCUT2D eigenvalue weighted by Crippen LogP contribution is 2.29. The van der Waals surface area contributed by atoms with Crippen molar-refractivity contribution in [1.82, 2.24) is 25.1 Å². The number of aromatic amines is 2. The number of anilines is 1. The normalized spacial score (nSPS) is 12.5. The third kappa shape index (κ3) is 2.45. The van der Waals surface area contributed by atoms with Gasteiger partial charge in [-0.1, -0.05) is 6.07 Å². The van der Waals surface area contributed by atoms with Crippen LogP contribution in [0.3, 0.4) is 0 Å². The first-order chi connectivity index (χ1) is 10.6. The highest BCUT2D eigenvalue weighted by atomic mass is 16.1. The minimum absolute atomic E-state index is 0.0641. The summed E-state index contributed by atoms with van der Waals surface area (Å²) < 4.78 is 0. The van der Waals surface area contributed by atoms with Gasteiger partial charge < -0.3 is 9.88 Å². The average molecular weight is 298 g/mol. The van der Waals surface area contributed by atoms with Crippen LogP contribution in [-0.4, -0.2) is 31.7 Å². The smallest absolute Gasteiger partial charge is 0.247 e. The summed E-state index contributed by atoms with van der Waals surface area (Å²) in [6, 6.07) is 3.44. The van der Waals surface area contributed by atoms with Crippen molar-refractivity contribution in [3.8, 4) is 0 Å². The van der Waals surface area contributed by atoms with E-state index in [1.165, 1.54) is 0 Å². The largest absolute Gasteiger partial charge is 0.349 e. The Kier molecular flexibility index (Phi) is 3.62. The molecule has 2 N–H and O–H groups in total. The van der Waals surface area contributed by atoms with Gasteiger partial charge in [-0.05, 0) is 26.3 Å². The zero-order chi connectivity index (χ0) is 15.7. The van der Waals surface area contributed by atoms with Crippen molar-refractivity contribution in [3.63, 3.8) is 0 Å². The molecule has 0 bridgehead atoms. The van der Waals surface area contributed by atoms with Gasteiger partial charge in [0.2, 0.25) is 5.56 Å². The van der Waals surface area contributed by atoms with E-state index in [4.69, 9.17) is 0 Å². The summed E-state index contributed by atoms with van der Waals surface area (Å²) in [5, 5.41) is 7.84. The number of rotatable bonds is 4. The number of fused-ring (bicyclic) bond motifs is 1. The lowest BCUT2D eigenvalue weighted by molar-refractivity contribution is 0.677. The molecule has 3 heterocycles. The fourth-order valence-corrected chi connectivity index (χ4v) is 2.62. The van der Waals surface area contributed by atoms with Crippen LogP contribution in [0.25, 0.3) is 11.0 Å². The van der Waals surface area contributed by atoms with Crippen molar-refractivity contribution in [2.45, 2.75) is 26.8 Å². The van der Waals surface area contributed by atoms with Crippen molar-refractivity contribution in [2.24, 2.45) is 0 Å². The van der Waals surface area contributed by atoms with Crippen LogP contribution in [0.1, 0.15) is 31.3 Å². The van der Waals surface area contributed by atoms with Crippen LogP contribution in [0, 0.1) is 6.92 Å². The second kappa shape index (κ2) is 5.59. The van der Waals surface area contributed by atoms with Gasteiger partial charge in [0.1, 0.15) is 11.6 Å². The Bertz CT molecular complexity index is 832. The predicted molar refractivity (Wildman–Crippen MR) is 84.9 cm³/mol. The molecule has 7 heteroatoms. The number of H-pyrrole nitrogens is 2. The van der Waals surface area contributed by atoms with Gasteiger partial charge in [0.25, 0.3) is 0 Å². The van der Waals surface area contributed by atoms with Crippen molar-refractivity contribution in [3.05, 3.63) is 46.3 Å². The monoisotopic (exact) mass is 298 g/mol. The molecule has 0 radical (unpaired) electrons. The Hall–Kier alpha value is -2.70. The molecular weight excluding hydrogens is 280 g/mol. The Morgan fingerprint density at radius 2 is 2.14 bits per heavy atom. The van der Waals surface area contributed by atoms with Crippen molar-refractivity contribution < 1.29 is 0 Å². The predicted octanol–water partition coefficient (Wildman–Crippen LogP) is 1.94. The minimum atomic E-state index is -0.103. The molecule has 114 valence electrons. The second-order valence-corrected chi connectivity index (χ2v) is 5.17. The Morgan fingerprint density at radius 1 is 1.32 bits per heavy atom. The number of nitrogens with one attached hydrogen (secondary N) is 2. The molecule has 1 unspecified atom stereocenters. The summed E-state index contributed by atoms with van der Waals surface area (Å²) in [6.07, 6.45) is 3.49. The third-order valence-electron chi connectivity index (χ3n) is 3.77. The van der Waals surface area contributed by atoms with E-state index in [1.54, 1.807) is 18.5 Å². The first kappa shape index (κ1) is 14.2. The van der Waals surface area contributed by atoms with E-state index < -0.39 is 0 Å². The topological polar surface area (TPSA) is 90.6 Å². The molecule has 0 amide bonds. The van der Waals surface area contributed by atoms with Crippen LogP contribution < -0.4 is 10.5 Å². The van der Waals surface area contributed by atoms with Gasteiger partial charge in [0.05, 0.1) is 17.6 Å². The highest BCUT2D eigenvalue weighted by Gasteiger charge is 2.20. The summed E-state index contributed by atoms with van der Waals surface area (Å²) in [4.78, 5) is 25.1. The molecule has 3 aromatic rings. The molecule has 3 rings (SSSR count). The van der Waals surface area contributed by atoms with Gasteiger partial charge in [0.15, 0.2) is 5.65 Å². The van der Waals surface area contributed by atoms with E-state index >= 15 is 0 Å². The molecule has 0 spiro atoms. The number of aryl methyl sites for hydroxylation is 1. The molecule has 1 atom stereocenters. The molecule has 3 aromatic heterocycles. The second-order valence-electron chi connectivity index (χ2n) is 5.17. The van der Waals surface area contributed by atoms with E-state index in [2.05, 4.69) is 43.9 Å². The summed E-state index contributed by atoms with van der Waals surface area (Å²) in [5.41, 5.74) is 1.65. The number of hydrogen-bond acceptors (Lipinski definition) is 5. The maximum Gasteiger partial charge on any atom is 0.247 e. The highest BCUT2D eigenvalue weighted by molar-refractivity contribution is 5.86. The third-order valence-corrected chi connectivity index (χ3v) is 3.77. The molecule has 0 aliphatic carbocycles. The summed E-state index contributed by atoms with van der Waals surface area (Å²) >= 11 is 0. The standard InChI is InChI=1S/C15H18N6O/c1-4-21(9(2)11-5-6-13(22)16-7-11)15-12-8-17-20-14(12)18-10(3)19-15/h5-9H,4H2,1-3H3,(H,16,22)(H,17,18,19,20). The lowest BCUT2D eigenvalue weighted by Crippen LogP contribution is -2.28. The molecular formula is C15H18N6O. The number of pyridine rings is 1. The summed E-state index contributed by atoms with van der Waals surface area (Å²) in [6.45, 7) is 6.80. The number of hydrogen-bond donors (Lipinski definition) is 2. The maximum absolute atomic E-state index is 11.2. The Morgan fingerprint density at radius 3 is 2.82 bits per heavy atom. The van der Waals surface area contributed by atoms with E-state index in [9.17, 15) is 4.79 Å². The van der Waals surface area contributed by atoms with Crippen LogP contribution in [0.15, 0.2) is 29.3 Å². The minimum Gasteiger partial charge on any atom is -0.349 e. The molecule has 0 saturated carbocycles. The first-order valence-corrected chi connectivity index (χ1v) is 7.23. The summed E-state index contributed by atoms with van der Waals surface area (Å²) in [5.74, 6) is 1.54. The number of nitrogens with zero attached hydrogens (tertiary/aromatic N) is 4. The van der Waals surface area contributed by atoms with Crippen LogP contribution in [0.5, 0.6) is 0 Å². The zero-order valence-electron chi connectivity index (χ0n) is 12.8. The van der Waals surface area contributed by atoms with Gasteiger partial charge in [-0.2, -0.15) is 5.10 Å². The van der Waals surface area contributed by atoms with Crippen LogP contribution in [0.2, 0.25) is 0 Å². The lowest BCUT2D eigenvalue weighted by Gasteiger charge is -2.29. The SMILES string of the molecule is CCN(c1nc(C)nc2[nH]ncc12)C(C)c1ccc(=O)[nH]c1. The fraction of sp³-hybridized carbons (Fsp3) is 0.333. The van der Waals surface area contributed by atoms with Crippen molar-refractivity contribution in [1.29, 1.82) is 0 Å². The van der Waals surface area contributed by atoms with Crippen molar-refractivity contribution in [2.75, 3.05) is 11.4 Å². The average Bonchev–Trinajstić information content (AvgIpc) is 2.96. The molecule has 0 fully saturated rings. The van der Waals surface area contributed by atoms with E-state index in [1.807, 2.05) is 13.0 Å². The first-order valence-electron chi connectivity index (χ1n) is 7.23. The quantitative estimate of drug-likeness (QED) is 0.768. The van der Waals surface area contributed by atoms with Gasteiger partial charge in [-0.3, -0.25) is 9.89 Å². The molecule has 0 saturated heterocycles. The van der Waals surface area contributed by atoms with E-state index in [0.717, 1.165) is 29.0 Å². The Balaban J connectivity index is 2.07. The van der Waals surface area contributed by atoms with Crippen LogP contribution >= 0.6 is 0 Å². The molecule has 0 aliphatic rings. The molecule has 7 nitrogen and oxygen atoms in total. The maximum atomic E-state index is 11.2. The van der Waals surface area contributed by atoms with Gasteiger partial charge in [-0.15, -0.1) is 0 Å². The fourth-order valence-electron chi connectivity index (χ4n) is 2.62. The van der Waals surface area contributed by atoms with Crippen molar-refractivity contribution >= 4 is 16.9 Å². The van der Waals surface area contributed by atoms with Gasteiger partial charge in [0, 0.05) is 18.8 Å². The van der Waals surface area contributed by atoms with Gasteiger partial charge in [-0.25, -0.2) is 9.97 Å². The summed E-state index contributed by atoms with van der Waals surface area (Å²) in [7, 11) is 0. The van der Waals surface area contributed by atoms with E-state index in [0.29, 0.717) is 5.82 Å². The van der Waals surface area contributed by atoms with Gasteiger partial charge >= 0.3 is 0 Å². The van der Waals surface area contributed by atoms with Crippen LogP contribution in [0.4, 0.5) is 5.82 Å². The molecule has 0 aliphatic heterocycles. The number of aromatic nitrogens is 5. The lowest BCUT2D eigenvalue weighted by atomic mass is 10.1. The van der Waals surface area contributed by atoms with E-state index in [-0.39, 0.29) is 11.6 Å². The Labute approximate surface area is 127 Å².